The van der Waals surface area contributed by atoms with Crippen molar-refractivity contribution in [1.29, 1.82) is 0 Å². The lowest BCUT2D eigenvalue weighted by Crippen LogP contribution is -2.30. The smallest absolute Gasteiger partial charge is 0.265 e. The summed E-state index contributed by atoms with van der Waals surface area (Å²) < 4.78 is 13.1. The van der Waals surface area contributed by atoms with Crippen molar-refractivity contribution in [2.24, 2.45) is 0 Å². The maximum atomic E-state index is 12.2. The maximum absolute atomic E-state index is 12.2. The Balaban J connectivity index is 1.51. The number of rotatable bonds is 6. The number of nitrogens with zero attached hydrogens (tertiary/aromatic N) is 2. The highest BCUT2D eigenvalue weighted by molar-refractivity contribution is 5.93. The highest BCUT2D eigenvalue weighted by atomic mass is 16.5. The van der Waals surface area contributed by atoms with Gasteiger partial charge in [-0.2, -0.15) is 5.10 Å². The van der Waals surface area contributed by atoms with Crippen LogP contribution in [0.1, 0.15) is 26.2 Å². The third kappa shape index (κ3) is 4.58. The van der Waals surface area contributed by atoms with Crippen molar-refractivity contribution < 1.29 is 14.3 Å². The molecule has 0 saturated carbocycles. The van der Waals surface area contributed by atoms with Crippen molar-refractivity contribution in [2.75, 3.05) is 11.9 Å². The van der Waals surface area contributed by atoms with Crippen LogP contribution in [0.15, 0.2) is 42.7 Å². The lowest BCUT2D eigenvalue weighted by atomic mass is 10.1. The summed E-state index contributed by atoms with van der Waals surface area (Å²) in [5, 5.41) is 7.12. The summed E-state index contributed by atoms with van der Waals surface area (Å²) in [5.41, 5.74) is 0.666. The first-order valence-electron chi connectivity index (χ1n) is 8.37. The lowest BCUT2D eigenvalue weighted by Gasteiger charge is -2.22. The van der Waals surface area contributed by atoms with E-state index >= 15 is 0 Å². The van der Waals surface area contributed by atoms with Crippen molar-refractivity contribution in [3.05, 3.63) is 42.7 Å². The molecule has 6 heteroatoms. The molecule has 1 aromatic carbocycles. The second-order valence-electron chi connectivity index (χ2n) is 6.00. The van der Waals surface area contributed by atoms with Crippen molar-refractivity contribution in [3.8, 4) is 5.75 Å². The highest BCUT2D eigenvalue weighted by Gasteiger charge is 2.17. The number of carbonyl (C=O) groups excluding carboxylic acids is 1. The van der Waals surface area contributed by atoms with E-state index in [-0.39, 0.29) is 12.0 Å². The van der Waals surface area contributed by atoms with Crippen molar-refractivity contribution >= 4 is 11.6 Å². The molecular weight excluding hydrogens is 306 g/mol. The molecule has 2 atom stereocenters. The van der Waals surface area contributed by atoms with Gasteiger partial charge in [0.25, 0.3) is 5.91 Å². The van der Waals surface area contributed by atoms with Gasteiger partial charge >= 0.3 is 0 Å². The van der Waals surface area contributed by atoms with Gasteiger partial charge in [0.15, 0.2) is 6.10 Å². The van der Waals surface area contributed by atoms with Gasteiger partial charge in [0, 0.05) is 12.8 Å². The van der Waals surface area contributed by atoms with Crippen molar-refractivity contribution in [1.82, 2.24) is 9.78 Å². The summed E-state index contributed by atoms with van der Waals surface area (Å²) in [5.74, 6) is 0.470. The minimum Gasteiger partial charge on any atom is -0.481 e. The zero-order valence-electron chi connectivity index (χ0n) is 13.9. The quantitative estimate of drug-likeness (QED) is 0.885. The molecule has 1 aliphatic rings. The molecule has 0 spiro atoms. The molecule has 2 heterocycles. The normalized spacial score (nSPS) is 18.8. The highest BCUT2D eigenvalue weighted by Crippen LogP contribution is 2.16. The van der Waals surface area contributed by atoms with E-state index in [0.717, 1.165) is 19.4 Å². The molecule has 1 fully saturated rings. The summed E-state index contributed by atoms with van der Waals surface area (Å²) in [6.07, 6.45) is 6.49. The van der Waals surface area contributed by atoms with Crippen LogP contribution in [0, 0.1) is 0 Å². The number of amides is 1. The monoisotopic (exact) mass is 329 g/mol. The number of benzene rings is 1. The zero-order chi connectivity index (χ0) is 16.8. The fraction of sp³-hybridized carbons (Fsp3) is 0.444. The molecule has 0 bridgehead atoms. The maximum Gasteiger partial charge on any atom is 0.265 e. The summed E-state index contributed by atoms with van der Waals surface area (Å²) in [4.78, 5) is 12.2. The number of hydrogen-bond donors (Lipinski definition) is 1. The largest absolute Gasteiger partial charge is 0.481 e. The van der Waals surface area contributed by atoms with E-state index < -0.39 is 6.10 Å². The van der Waals surface area contributed by atoms with Crippen LogP contribution in [-0.4, -0.2) is 34.5 Å². The standard InChI is InChI=1S/C18H23N3O3/c1-14(24-16-7-3-2-4-8-16)18(22)20-15-11-19-21(12-15)13-17-9-5-6-10-23-17/h2-4,7-8,11-12,14,17H,5-6,9-10,13H2,1H3,(H,20,22)/t14-,17+/m1/s1. The van der Waals surface area contributed by atoms with E-state index in [1.807, 2.05) is 41.2 Å². The zero-order valence-corrected chi connectivity index (χ0v) is 13.9. The molecule has 1 amide bonds. The number of anilines is 1. The number of para-hydroxylation sites is 1. The van der Waals surface area contributed by atoms with Crippen molar-refractivity contribution in [2.45, 2.75) is 44.9 Å². The Morgan fingerprint density at radius 3 is 3.00 bits per heavy atom. The van der Waals surface area contributed by atoms with Crippen LogP contribution in [0.2, 0.25) is 0 Å². The first-order valence-corrected chi connectivity index (χ1v) is 8.37. The number of ether oxygens (including phenoxy) is 2. The van der Waals surface area contributed by atoms with Crippen LogP contribution < -0.4 is 10.1 Å². The average molecular weight is 329 g/mol. The molecule has 0 unspecified atom stereocenters. The van der Waals surface area contributed by atoms with Crippen LogP contribution in [0.3, 0.4) is 0 Å². The van der Waals surface area contributed by atoms with E-state index in [0.29, 0.717) is 18.0 Å². The molecule has 1 saturated heterocycles. The number of carbonyl (C=O) groups is 1. The van der Waals surface area contributed by atoms with Gasteiger partial charge in [0.2, 0.25) is 0 Å². The SMILES string of the molecule is C[C@@H](Oc1ccccc1)C(=O)Nc1cnn(C[C@@H]2CCCCO2)c1. The van der Waals surface area contributed by atoms with Gasteiger partial charge < -0.3 is 14.8 Å². The molecule has 1 aliphatic heterocycles. The molecular formula is C18H23N3O3. The topological polar surface area (TPSA) is 65.4 Å². The van der Waals surface area contributed by atoms with Gasteiger partial charge in [-0.25, -0.2) is 0 Å². The van der Waals surface area contributed by atoms with Gasteiger partial charge in [-0.05, 0) is 38.3 Å². The molecule has 0 aliphatic carbocycles. The Kier molecular flexibility index (Phi) is 5.48. The van der Waals surface area contributed by atoms with Crippen LogP contribution in [-0.2, 0) is 16.1 Å². The van der Waals surface area contributed by atoms with Gasteiger partial charge in [-0.1, -0.05) is 18.2 Å². The predicted octanol–water partition coefficient (Wildman–Crippen LogP) is 2.86. The van der Waals surface area contributed by atoms with Gasteiger partial charge in [0.05, 0.1) is 24.5 Å². The van der Waals surface area contributed by atoms with Crippen LogP contribution in [0.5, 0.6) is 5.75 Å². The number of aromatic nitrogens is 2. The molecule has 6 nitrogen and oxygen atoms in total. The fourth-order valence-corrected chi connectivity index (χ4v) is 2.69. The predicted molar refractivity (Wildman–Crippen MR) is 91.0 cm³/mol. The first kappa shape index (κ1) is 16.5. The van der Waals surface area contributed by atoms with E-state index in [4.69, 9.17) is 9.47 Å². The second-order valence-corrected chi connectivity index (χ2v) is 6.00. The Morgan fingerprint density at radius 1 is 1.42 bits per heavy atom. The fourth-order valence-electron chi connectivity index (χ4n) is 2.69. The summed E-state index contributed by atoms with van der Waals surface area (Å²) in [6.45, 7) is 3.26. The molecule has 0 radical (unpaired) electrons. The molecule has 1 aromatic heterocycles. The molecule has 24 heavy (non-hydrogen) atoms. The second kappa shape index (κ2) is 7.97. The Hall–Kier alpha value is -2.34. The minimum atomic E-state index is -0.586. The third-order valence-corrected chi connectivity index (χ3v) is 3.99. The van der Waals surface area contributed by atoms with Crippen LogP contribution in [0.25, 0.3) is 0 Å². The Bertz CT molecular complexity index is 651. The number of hydrogen-bond acceptors (Lipinski definition) is 4. The van der Waals surface area contributed by atoms with E-state index in [1.54, 1.807) is 13.1 Å². The van der Waals surface area contributed by atoms with E-state index in [2.05, 4.69) is 10.4 Å². The van der Waals surface area contributed by atoms with E-state index in [1.165, 1.54) is 6.42 Å². The van der Waals surface area contributed by atoms with E-state index in [9.17, 15) is 4.79 Å². The van der Waals surface area contributed by atoms with Crippen LogP contribution in [0.4, 0.5) is 5.69 Å². The van der Waals surface area contributed by atoms with Gasteiger partial charge in [-0.15, -0.1) is 0 Å². The Labute approximate surface area is 141 Å². The lowest BCUT2D eigenvalue weighted by molar-refractivity contribution is -0.122. The molecule has 1 N–H and O–H groups in total. The first-order chi connectivity index (χ1) is 11.7. The summed E-state index contributed by atoms with van der Waals surface area (Å²) in [6, 6.07) is 9.30. The van der Waals surface area contributed by atoms with Crippen molar-refractivity contribution in [3.63, 3.8) is 0 Å². The molecule has 128 valence electrons. The van der Waals surface area contributed by atoms with Gasteiger partial charge in [0.1, 0.15) is 5.75 Å². The van der Waals surface area contributed by atoms with Gasteiger partial charge in [-0.3, -0.25) is 9.48 Å². The number of nitrogens with one attached hydrogen (secondary N) is 1. The molecule has 2 aromatic rings. The summed E-state index contributed by atoms with van der Waals surface area (Å²) in [7, 11) is 0. The average Bonchev–Trinajstić information content (AvgIpc) is 3.03. The Morgan fingerprint density at radius 2 is 2.25 bits per heavy atom. The summed E-state index contributed by atoms with van der Waals surface area (Å²) >= 11 is 0. The minimum absolute atomic E-state index is 0.202. The molecule has 3 rings (SSSR count). The van der Waals surface area contributed by atoms with Crippen LogP contribution >= 0.6 is 0 Å². The third-order valence-electron chi connectivity index (χ3n) is 3.99.